The third kappa shape index (κ3) is 2.25. The summed E-state index contributed by atoms with van der Waals surface area (Å²) in [5.41, 5.74) is 1.39. The molecule has 1 unspecified atom stereocenters. The summed E-state index contributed by atoms with van der Waals surface area (Å²) in [6.07, 6.45) is 0.892. The van der Waals surface area contributed by atoms with Gasteiger partial charge in [0.1, 0.15) is 11.9 Å². The van der Waals surface area contributed by atoms with E-state index in [1.807, 2.05) is 30.7 Å². The van der Waals surface area contributed by atoms with Crippen LogP contribution in [-0.4, -0.2) is 14.7 Å². The van der Waals surface area contributed by atoms with Gasteiger partial charge in [-0.1, -0.05) is 23.7 Å². The average Bonchev–Trinajstić information content (AvgIpc) is 2.63. The van der Waals surface area contributed by atoms with Crippen LogP contribution >= 0.6 is 27.5 Å². The number of aromatic nitrogens is 2. The fourth-order valence-corrected chi connectivity index (χ4v) is 2.28. The summed E-state index contributed by atoms with van der Waals surface area (Å²) in [6, 6.07) is 5.49. The van der Waals surface area contributed by atoms with E-state index in [-0.39, 0.29) is 0 Å². The van der Waals surface area contributed by atoms with Crippen LogP contribution in [-0.2, 0) is 7.05 Å². The maximum Gasteiger partial charge on any atom is 0.122 e. The van der Waals surface area contributed by atoms with E-state index in [9.17, 15) is 5.11 Å². The Bertz CT molecular complexity index is 553. The Morgan fingerprint density at radius 1 is 1.47 bits per heavy atom. The predicted octanol–water partition coefficient (Wildman–Crippen LogP) is 3.23. The zero-order valence-electron chi connectivity index (χ0n) is 9.48. The molecule has 0 saturated heterocycles. The molecule has 2 aromatic rings. The first kappa shape index (κ1) is 12.6. The summed E-state index contributed by atoms with van der Waals surface area (Å²) in [4.78, 5) is 4.16. The largest absolute Gasteiger partial charge is 0.382 e. The van der Waals surface area contributed by atoms with Crippen LogP contribution in [0, 0.1) is 6.92 Å². The highest BCUT2D eigenvalue weighted by Gasteiger charge is 2.18. The number of aliphatic hydroxyl groups is 1. The number of rotatable bonds is 2. The molecule has 0 aliphatic carbocycles. The molecule has 1 N–H and O–H groups in total. The van der Waals surface area contributed by atoms with Crippen LogP contribution in [0.5, 0.6) is 0 Å². The van der Waals surface area contributed by atoms with E-state index in [1.54, 1.807) is 12.3 Å². The van der Waals surface area contributed by atoms with Gasteiger partial charge in [0.05, 0.1) is 16.9 Å². The van der Waals surface area contributed by atoms with Gasteiger partial charge >= 0.3 is 0 Å². The number of aryl methyl sites for hydroxylation is 1. The second kappa shape index (κ2) is 4.80. The fourth-order valence-electron chi connectivity index (χ4n) is 1.66. The zero-order valence-corrected chi connectivity index (χ0v) is 11.8. The van der Waals surface area contributed by atoms with E-state index >= 15 is 0 Å². The predicted molar refractivity (Wildman–Crippen MR) is 71.2 cm³/mol. The number of halogens is 2. The lowest BCUT2D eigenvalue weighted by molar-refractivity contribution is 0.211. The van der Waals surface area contributed by atoms with Gasteiger partial charge in [-0.05, 0) is 28.9 Å². The summed E-state index contributed by atoms with van der Waals surface area (Å²) in [5.74, 6) is 0.852. The fraction of sp³-hybridized carbons (Fsp3) is 0.250. The van der Waals surface area contributed by atoms with Crippen LogP contribution in [0.3, 0.4) is 0 Å². The monoisotopic (exact) mass is 314 g/mol. The van der Waals surface area contributed by atoms with Crippen LogP contribution in [0.1, 0.15) is 23.2 Å². The highest BCUT2D eigenvalue weighted by molar-refractivity contribution is 9.10. The quantitative estimate of drug-likeness (QED) is 0.924. The molecule has 1 heterocycles. The van der Waals surface area contributed by atoms with Crippen LogP contribution in [0.2, 0.25) is 5.02 Å². The van der Waals surface area contributed by atoms with Gasteiger partial charge in [0, 0.05) is 17.1 Å². The van der Waals surface area contributed by atoms with Crippen LogP contribution in [0.4, 0.5) is 0 Å². The van der Waals surface area contributed by atoms with Gasteiger partial charge in [-0.3, -0.25) is 0 Å². The molecule has 1 atom stereocenters. The highest BCUT2D eigenvalue weighted by atomic mass is 79.9. The topological polar surface area (TPSA) is 38.1 Å². The standard InChI is InChI=1S/C12H12BrClN2O/c1-7-15-6-10(16(7)2)12(17)8-4-3-5-9(13)11(8)14/h3-6,12,17H,1-2H3. The summed E-state index contributed by atoms with van der Waals surface area (Å²) in [5, 5.41) is 10.9. The molecule has 0 radical (unpaired) electrons. The average molecular weight is 316 g/mol. The second-order valence-electron chi connectivity index (χ2n) is 3.83. The van der Waals surface area contributed by atoms with Crippen molar-refractivity contribution in [2.45, 2.75) is 13.0 Å². The maximum absolute atomic E-state index is 10.3. The van der Waals surface area contributed by atoms with Gasteiger partial charge in [-0.15, -0.1) is 0 Å². The summed E-state index contributed by atoms with van der Waals surface area (Å²) in [7, 11) is 1.87. The molecule has 0 fully saturated rings. The SMILES string of the molecule is Cc1ncc(C(O)c2cccc(Br)c2Cl)n1C. The number of hydrogen-bond acceptors (Lipinski definition) is 2. The first-order valence-electron chi connectivity index (χ1n) is 5.12. The Labute approximate surface area is 113 Å². The Hall–Kier alpha value is -0.840. The summed E-state index contributed by atoms with van der Waals surface area (Å²) < 4.78 is 2.62. The molecule has 0 aliphatic heterocycles. The molecule has 17 heavy (non-hydrogen) atoms. The molecule has 0 spiro atoms. The number of benzene rings is 1. The Kier molecular flexibility index (Phi) is 3.56. The van der Waals surface area contributed by atoms with Gasteiger partial charge < -0.3 is 9.67 Å². The molecule has 90 valence electrons. The van der Waals surface area contributed by atoms with Crippen molar-refractivity contribution in [2.75, 3.05) is 0 Å². The van der Waals surface area contributed by atoms with Crippen molar-refractivity contribution in [3.05, 3.63) is 51.0 Å². The van der Waals surface area contributed by atoms with Crippen LogP contribution < -0.4 is 0 Å². The van der Waals surface area contributed by atoms with Crippen molar-refractivity contribution in [3.63, 3.8) is 0 Å². The van der Waals surface area contributed by atoms with E-state index < -0.39 is 6.10 Å². The molecular formula is C12H12BrClN2O. The number of nitrogens with zero attached hydrogens (tertiary/aromatic N) is 2. The number of aliphatic hydroxyl groups excluding tert-OH is 1. The van der Waals surface area contributed by atoms with Crippen LogP contribution in [0.15, 0.2) is 28.9 Å². The highest BCUT2D eigenvalue weighted by Crippen LogP contribution is 2.33. The molecule has 1 aromatic heterocycles. The van der Waals surface area contributed by atoms with E-state index in [4.69, 9.17) is 11.6 Å². The zero-order chi connectivity index (χ0) is 12.6. The van der Waals surface area contributed by atoms with E-state index in [2.05, 4.69) is 20.9 Å². The Morgan fingerprint density at radius 3 is 2.76 bits per heavy atom. The summed E-state index contributed by atoms with van der Waals surface area (Å²) >= 11 is 9.51. The van der Waals surface area contributed by atoms with E-state index in [0.29, 0.717) is 10.6 Å². The minimum Gasteiger partial charge on any atom is -0.382 e. The number of imidazole rings is 1. The first-order valence-corrected chi connectivity index (χ1v) is 6.29. The van der Waals surface area contributed by atoms with Crippen molar-refractivity contribution in [1.82, 2.24) is 9.55 Å². The van der Waals surface area contributed by atoms with Crippen molar-refractivity contribution in [3.8, 4) is 0 Å². The van der Waals surface area contributed by atoms with Gasteiger partial charge in [0.2, 0.25) is 0 Å². The second-order valence-corrected chi connectivity index (χ2v) is 5.07. The molecule has 0 amide bonds. The van der Waals surface area contributed by atoms with Crippen molar-refractivity contribution in [1.29, 1.82) is 0 Å². The van der Waals surface area contributed by atoms with E-state index in [0.717, 1.165) is 16.0 Å². The lowest BCUT2D eigenvalue weighted by atomic mass is 10.1. The third-order valence-electron chi connectivity index (χ3n) is 2.81. The molecule has 0 bridgehead atoms. The number of hydrogen-bond donors (Lipinski definition) is 1. The van der Waals surface area contributed by atoms with Gasteiger partial charge in [0.15, 0.2) is 0 Å². The Balaban J connectivity index is 2.47. The van der Waals surface area contributed by atoms with Crippen LogP contribution in [0.25, 0.3) is 0 Å². The Morgan fingerprint density at radius 2 is 2.18 bits per heavy atom. The van der Waals surface area contributed by atoms with Gasteiger partial charge in [-0.25, -0.2) is 4.98 Å². The first-order chi connectivity index (χ1) is 8.02. The molecule has 1 aromatic carbocycles. The van der Waals surface area contributed by atoms with Gasteiger partial charge in [-0.2, -0.15) is 0 Å². The van der Waals surface area contributed by atoms with E-state index in [1.165, 1.54) is 0 Å². The summed E-state index contributed by atoms with van der Waals surface area (Å²) in [6.45, 7) is 1.89. The molecule has 0 saturated carbocycles. The molecule has 2 rings (SSSR count). The maximum atomic E-state index is 10.3. The minimum atomic E-state index is -0.772. The normalized spacial score (nSPS) is 12.8. The molecular weight excluding hydrogens is 304 g/mol. The van der Waals surface area contributed by atoms with Crippen molar-refractivity contribution < 1.29 is 5.11 Å². The lowest BCUT2D eigenvalue weighted by Gasteiger charge is -2.14. The molecule has 5 heteroatoms. The van der Waals surface area contributed by atoms with Gasteiger partial charge in [0.25, 0.3) is 0 Å². The molecule has 3 nitrogen and oxygen atoms in total. The van der Waals surface area contributed by atoms with Crippen molar-refractivity contribution >= 4 is 27.5 Å². The minimum absolute atomic E-state index is 0.527. The molecule has 0 aliphatic rings. The smallest absolute Gasteiger partial charge is 0.122 e. The van der Waals surface area contributed by atoms with Crippen molar-refractivity contribution in [2.24, 2.45) is 7.05 Å². The lowest BCUT2D eigenvalue weighted by Crippen LogP contribution is -2.07. The third-order valence-corrected chi connectivity index (χ3v) is 4.12.